The molecule has 1 N–H and O–H groups in total. The molecule has 1 aliphatic rings. The van der Waals surface area contributed by atoms with Crippen LogP contribution < -0.4 is 10.1 Å². The van der Waals surface area contributed by atoms with Gasteiger partial charge in [0.15, 0.2) is 0 Å². The van der Waals surface area contributed by atoms with Crippen molar-refractivity contribution in [2.24, 2.45) is 0 Å². The van der Waals surface area contributed by atoms with Gasteiger partial charge >= 0.3 is 0 Å². The average molecular weight is 325 g/mol. The second-order valence-corrected chi connectivity index (χ2v) is 6.02. The van der Waals surface area contributed by atoms with Gasteiger partial charge in [0.25, 0.3) is 0 Å². The Hall–Kier alpha value is -2.40. The second kappa shape index (κ2) is 7.93. The third kappa shape index (κ3) is 4.11. The van der Waals surface area contributed by atoms with E-state index in [4.69, 9.17) is 4.74 Å². The normalized spacial score (nSPS) is 18.1. The molecule has 24 heavy (non-hydrogen) atoms. The van der Waals surface area contributed by atoms with Crippen molar-refractivity contribution in [1.29, 1.82) is 0 Å². The number of aromatic nitrogens is 1. The van der Waals surface area contributed by atoms with E-state index in [1.807, 2.05) is 42.5 Å². The third-order valence-electron chi connectivity index (χ3n) is 4.37. The van der Waals surface area contributed by atoms with Gasteiger partial charge in [0.2, 0.25) is 5.91 Å². The number of nitrogens with zero attached hydrogens (tertiary/aromatic N) is 2. The van der Waals surface area contributed by atoms with Crippen LogP contribution >= 0.6 is 0 Å². The number of likely N-dealkylation sites (tertiary alicyclic amines) is 1. The third-order valence-corrected chi connectivity index (χ3v) is 4.37. The summed E-state index contributed by atoms with van der Waals surface area (Å²) in [6, 6.07) is 13.2. The number of carbonyl (C=O) groups is 1. The lowest BCUT2D eigenvalue weighted by molar-refractivity contribution is -0.122. The van der Waals surface area contributed by atoms with Gasteiger partial charge in [-0.3, -0.25) is 14.7 Å². The first-order valence-corrected chi connectivity index (χ1v) is 8.35. The monoisotopic (exact) mass is 325 g/mol. The van der Waals surface area contributed by atoms with Gasteiger partial charge in [-0.05, 0) is 55.8 Å². The van der Waals surface area contributed by atoms with Gasteiger partial charge in [-0.25, -0.2) is 0 Å². The number of ether oxygens (including phenoxy) is 1. The number of benzene rings is 1. The van der Waals surface area contributed by atoms with E-state index in [2.05, 4.69) is 15.2 Å². The van der Waals surface area contributed by atoms with E-state index in [9.17, 15) is 4.79 Å². The number of carbonyl (C=O) groups excluding carboxylic acids is 1. The molecule has 1 amide bonds. The van der Waals surface area contributed by atoms with Crippen LogP contribution in [-0.2, 0) is 11.3 Å². The maximum atomic E-state index is 12.7. The van der Waals surface area contributed by atoms with Gasteiger partial charge in [0.1, 0.15) is 5.75 Å². The zero-order valence-corrected chi connectivity index (χ0v) is 13.9. The summed E-state index contributed by atoms with van der Waals surface area (Å²) in [4.78, 5) is 19.3. The fourth-order valence-corrected chi connectivity index (χ4v) is 3.08. The zero-order chi connectivity index (χ0) is 16.8. The second-order valence-electron chi connectivity index (χ2n) is 6.02. The molecule has 5 heteroatoms. The van der Waals surface area contributed by atoms with Gasteiger partial charge in [-0.1, -0.05) is 12.5 Å². The molecule has 0 bridgehead atoms. The molecule has 1 aromatic heterocycles. The first kappa shape index (κ1) is 16.5. The molecule has 1 atom stereocenters. The van der Waals surface area contributed by atoms with Crippen LogP contribution in [0.5, 0.6) is 5.75 Å². The molecule has 126 valence electrons. The van der Waals surface area contributed by atoms with Crippen molar-refractivity contribution in [2.75, 3.05) is 19.0 Å². The fourth-order valence-electron chi connectivity index (χ4n) is 3.08. The number of methoxy groups -OCH3 is 1. The molecule has 2 heterocycles. The number of hydrogen-bond donors (Lipinski definition) is 1. The van der Waals surface area contributed by atoms with Crippen LogP contribution in [0.1, 0.15) is 25.0 Å². The van der Waals surface area contributed by atoms with E-state index in [-0.39, 0.29) is 11.9 Å². The maximum absolute atomic E-state index is 12.7. The smallest absolute Gasteiger partial charge is 0.241 e. The van der Waals surface area contributed by atoms with Crippen molar-refractivity contribution in [3.8, 4) is 5.75 Å². The number of rotatable bonds is 5. The molecule has 1 aromatic carbocycles. The van der Waals surface area contributed by atoms with E-state index in [1.165, 1.54) is 0 Å². The van der Waals surface area contributed by atoms with E-state index in [0.29, 0.717) is 6.54 Å². The molecule has 1 aliphatic heterocycles. The molecular weight excluding hydrogens is 302 g/mol. The molecule has 1 fully saturated rings. The lowest BCUT2D eigenvalue weighted by atomic mass is 10.0. The Labute approximate surface area is 142 Å². The van der Waals surface area contributed by atoms with Crippen molar-refractivity contribution in [3.63, 3.8) is 0 Å². The average Bonchev–Trinajstić information content (AvgIpc) is 2.63. The summed E-state index contributed by atoms with van der Waals surface area (Å²) < 4.78 is 5.15. The quantitative estimate of drug-likeness (QED) is 0.918. The maximum Gasteiger partial charge on any atom is 0.241 e. The van der Waals surface area contributed by atoms with Crippen molar-refractivity contribution in [1.82, 2.24) is 9.88 Å². The predicted octanol–water partition coefficient (Wildman–Crippen LogP) is 3.08. The lowest BCUT2D eigenvalue weighted by Gasteiger charge is -2.34. The summed E-state index contributed by atoms with van der Waals surface area (Å²) in [6.45, 7) is 1.64. The number of amides is 1. The van der Waals surface area contributed by atoms with Crippen LogP contribution in [0.3, 0.4) is 0 Å². The van der Waals surface area contributed by atoms with E-state index < -0.39 is 0 Å². The summed E-state index contributed by atoms with van der Waals surface area (Å²) >= 11 is 0. The Morgan fingerprint density at radius 3 is 2.79 bits per heavy atom. The molecule has 0 saturated carbocycles. The van der Waals surface area contributed by atoms with Gasteiger partial charge < -0.3 is 10.1 Å². The van der Waals surface area contributed by atoms with Gasteiger partial charge in [-0.2, -0.15) is 0 Å². The van der Waals surface area contributed by atoms with Crippen molar-refractivity contribution in [3.05, 3.63) is 54.4 Å². The number of piperidine rings is 1. The van der Waals surface area contributed by atoms with Crippen molar-refractivity contribution in [2.45, 2.75) is 31.8 Å². The minimum absolute atomic E-state index is 0.0517. The van der Waals surface area contributed by atoms with Crippen LogP contribution in [-0.4, -0.2) is 35.5 Å². The Morgan fingerprint density at radius 1 is 1.25 bits per heavy atom. The molecule has 1 saturated heterocycles. The van der Waals surface area contributed by atoms with Crippen LogP contribution in [0.25, 0.3) is 0 Å². The Bertz CT molecular complexity index is 658. The SMILES string of the molecule is COc1ccc(NC(=O)[C@H]2CCCCN2Cc2ccccn2)cc1. The topological polar surface area (TPSA) is 54.5 Å². The molecule has 0 radical (unpaired) electrons. The highest BCUT2D eigenvalue weighted by Crippen LogP contribution is 2.21. The highest BCUT2D eigenvalue weighted by Gasteiger charge is 2.28. The van der Waals surface area contributed by atoms with Crippen molar-refractivity contribution < 1.29 is 9.53 Å². The molecule has 0 aliphatic carbocycles. The Kier molecular flexibility index (Phi) is 5.43. The Morgan fingerprint density at radius 2 is 2.08 bits per heavy atom. The number of hydrogen-bond acceptors (Lipinski definition) is 4. The van der Waals surface area contributed by atoms with Crippen LogP contribution in [0.4, 0.5) is 5.69 Å². The summed E-state index contributed by atoms with van der Waals surface area (Å²) in [6.07, 6.45) is 4.89. The summed E-state index contributed by atoms with van der Waals surface area (Å²) in [7, 11) is 1.63. The van der Waals surface area contributed by atoms with Gasteiger partial charge in [0.05, 0.1) is 18.8 Å². The van der Waals surface area contributed by atoms with E-state index in [1.54, 1.807) is 13.3 Å². The number of anilines is 1. The largest absolute Gasteiger partial charge is 0.497 e. The molecular formula is C19H23N3O2. The summed E-state index contributed by atoms with van der Waals surface area (Å²) in [5, 5.41) is 3.02. The first-order chi connectivity index (χ1) is 11.8. The molecule has 0 spiro atoms. The number of pyridine rings is 1. The van der Waals surface area contributed by atoms with Gasteiger partial charge in [0, 0.05) is 18.4 Å². The minimum atomic E-state index is -0.108. The highest BCUT2D eigenvalue weighted by atomic mass is 16.5. The minimum Gasteiger partial charge on any atom is -0.497 e. The summed E-state index contributed by atoms with van der Waals surface area (Å²) in [5.41, 5.74) is 1.80. The number of nitrogens with one attached hydrogen (secondary N) is 1. The standard InChI is InChI=1S/C19H23N3O2/c1-24-17-10-8-15(9-11-17)21-19(23)18-7-3-5-13-22(18)14-16-6-2-4-12-20-16/h2,4,6,8-12,18H,3,5,7,13-14H2,1H3,(H,21,23)/t18-/m1/s1. The highest BCUT2D eigenvalue weighted by molar-refractivity contribution is 5.94. The molecule has 2 aromatic rings. The lowest BCUT2D eigenvalue weighted by Crippen LogP contribution is -2.46. The zero-order valence-electron chi connectivity index (χ0n) is 13.9. The molecule has 3 rings (SSSR count). The molecule has 5 nitrogen and oxygen atoms in total. The van der Waals surface area contributed by atoms with Crippen molar-refractivity contribution >= 4 is 11.6 Å². The fraction of sp³-hybridized carbons (Fsp3) is 0.368. The summed E-state index contributed by atoms with van der Waals surface area (Å²) in [5.74, 6) is 0.832. The van der Waals surface area contributed by atoms with E-state index >= 15 is 0 Å². The first-order valence-electron chi connectivity index (χ1n) is 8.35. The Balaban J connectivity index is 1.66. The van der Waals surface area contributed by atoms with Crippen LogP contribution in [0.15, 0.2) is 48.7 Å². The predicted molar refractivity (Wildman–Crippen MR) is 93.9 cm³/mol. The molecule has 0 unspecified atom stereocenters. The van der Waals surface area contributed by atoms with Gasteiger partial charge in [-0.15, -0.1) is 0 Å². The van der Waals surface area contributed by atoms with Crippen LogP contribution in [0, 0.1) is 0 Å². The van der Waals surface area contributed by atoms with E-state index in [0.717, 1.165) is 42.9 Å². The van der Waals surface area contributed by atoms with Crippen LogP contribution in [0.2, 0.25) is 0 Å².